The minimum absolute atomic E-state index is 0.108. The van der Waals surface area contributed by atoms with Crippen LogP contribution in [0.3, 0.4) is 0 Å². The highest BCUT2D eigenvalue weighted by atomic mass is 31.2. The van der Waals surface area contributed by atoms with Gasteiger partial charge in [-0.05, 0) is 37.5 Å². The van der Waals surface area contributed by atoms with Gasteiger partial charge in [0.05, 0.1) is 26.4 Å². The van der Waals surface area contributed by atoms with Gasteiger partial charge < -0.3 is 33.8 Å². The minimum atomic E-state index is -4.96. The number of aliphatic hydroxyl groups excluding tert-OH is 1. The van der Waals surface area contributed by atoms with E-state index >= 15 is 0 Å². The zero-order valence-corrected chi connectivity index (χ0v) is 65.2. The first-order valence-corrected chi connectivity index (χ1v) is 43.5. The fourth-order valence-corrected chi connectivity index (χ4v) is 13.6. The highest BCUT2D eigenvalue weighted by Crippen LogP contribution is 2.45. The molecule has 0 aromatic heterocycles. The third-order valence-electron chi connectivity index (χ3n) is 18.2. The lowest BCUT2D eigenvalue weighted by atomic mass is 10.0. The molecular weight excluding hydrogens is 1270 g/mol. The average molecular weight is 1420 g/mol. The van der Waals surface area contributed by atoms with E-state index in [2.05, 4.69) is 41.5 Å². The maximum Gasteiger partial charge on any atom is 0.472 e. The van der Waals surface area contributed by atoms with E-state index in [-0.39, 0.29) is 25.7 Å². The van der Waals surface area contributed by atoms with Crippen molar-refractivity contribution in [2.24, 2.45) is 11.8 Å². The molecule has 0 heterocycles. The molecule has 0 aromatic rings. The van der Waals surface area contributed by atoms with Crippen LogP contribution in [-0.2, 0) is 65.4 Å². The molecule has 0 radical (unpaired) electrons. The summed E-state index contributed by atoms with van der Waals surface area (Å²) in [6.45, 7) is 9.65. The third kappa shape index (κ3) is 72.2. The Morgan fingerprint density at radius 3 is 0.701 bits per heavy atom. The summed E-state index contributed by atoms with van der Waals surface area (Å²) < 4.78 is 68.6. The molecule has 5 atom stereocenters. The van der Waals surface area contributed by atoms with Crippen molar-refractivity contribution in [3.05, 3.63) is 0 Å². The van der Waals surface area contributed by atoms with Gasteiger partial charge in [0.2, 0.25) is 0 Å². The lowest BCUT2D eigenvalue weighted by Gasteiger charge is -2.21. The Hall–Kier alpha value is -1.94. The smallest absolute Gasteiger partial charge is 0.462 e. The molecule has 0 rings (SSSR count). The summed E-state index contributed by atoms with van der Waals surface area (Å²) in [5.74, 6) is -0.530. The van der Waals surface area contributed by atoms with E-state index in [1.165, 1.54) is 225 Å². The Morgan fingerprint density at radius 1 is 0.278 bits per heavy atom. The summed E-state index contributed by atoms with van der Waals surface area (Å²) in [5, 5.41) is 10.6. The van der Waals surface area contributed by atoms with Crippen LogP contribution in [0.2, 0.25) is 0 Å². The number of phosphoric acid groups is 2. The zero-order valence-electron chi connectivity index (χ0n) is 63.4. The van der Waals surface area contributed by atoms with E-state index in [1.807, 2.05) is 0 Å². The fraction of sp³-hybridized carbons (Fsp3) is 0.949. The summed E-state index contributed by atoms with van der Waals surface area (Å²) in [6, 6.07) is 0. The molecule has 0 spiro atoms. The molecule has 19 heteroatoms. The number of esters is 4. The molecule has 0 saturated carbocycles. The van der Waals surface area contributed by atoms with Crippen molar-refractivity contribution in [2.45, 2.75) is 426 Å². The fourth-order valence-electron chi connectivity index (χ4n) is 12.0. The van der Waals surface area contributed by atoms with Crippen LogP contribution in [-0.4, -0.2) is 96.7 Å². The maximum atomic E-state index is 13.1. The molecule has 3 N–H and O–H groups in total. The molecule has 2 unspecified atom stereocenters. The minimum Gasteiger partial charge on any atom is -0.462 e. The molecule has 576 valence electrons. The van der Waals surface area contributed by atoms with Crippen molar-refractivity contribution in [1.29, 1.82) is 0 Å². The van der Waals surface area contributed by atoms with Crippen LogP contribution in [0.1, 0.15) is 408 Å². The Kier molecular flexibility index (Phi) is 68.4. The predicted octanol–water partition coefficient (Wildman–Crippen LogP) is 23.1. The normalized spacial score (nSPS) is 14.0. The van der Waals surface area contributed by atoms with Gasteiger partial charge in [-0.15, -0.1) is 0 Å². The highest BCUT2D eigenvalue weighted by molar-refractivity contribution is 7.47. The van der Waals surface area contributed by atoms with Gasteiger partial charge in [-0.25, -0.2) is 9.13 Å². The van der Waals surface area contributed by atoms with Gasteiger partial charge >= 0.3 is 39.5 Å². The lowest BCUT2D eigenvalue weighted by molar-refractivity contribution is -0.161. The highest BCUT2D eigenvalue weighted by Gasteiger charge is 2.30. The van der Waals surface area contributed by atoms with Crippen molar-refractivity contribution in [1.82, 2.24) is 0 Å². The number of ether oxygens (including phenoxy) is 4. The molecule has 0 aliphatic heterocycles. The van der Waals surface area contributed by atoms with Crippen LogP contribution in [0.5, 0.6) is 0 Å². The molecular formula is C78H152O17P2. The first-order valence-electron chi connectivity index (χ1n) is 40.5. The van der Waals surface area contributed by atoms with Crippen molar-refractivity contribution in [3.8, 4) is 0 Å². The quantitative estimate of drug-likeness (QED) is 0.0222. The summed E-state index contributed by atoms with van der Waals surface area (Å²) in [4.78, 5) is 72.9. The second-order valence-corrected chi connectivity index (χ2v) is 32.0. The van der Waals surface area contributed by atoms with Gasteiger partial charge in [0.1, 0.15) is 19.3 Å². The molecule has 0 aromatic carbocycles. The largest absolute Gasteiger partial charge is 0.472 e. The van der Waals surface area contributed by atoms with Crippen LogP contribution in [0.25, 0.3) is 0 Å². The first kappa shape index (κ1) is 95.1. The van der Waals surface area contributed by atoms with Gasteiger partial charge in [-0.2, -0.15) is 0 Å². The van der Waals surface area contributed by atoms with Crippen molar-refractivity contribution < 1.29 is 80.2 Å². The van der Waals surface area contributed by atoms with Gasteiger partial charge in [-0.3, -0.25) is 37.3 Å². The number of carbonyl (C=O) groups is 4. The summed E-state index contributed by atoms with van der Waals surface area (Å²) in [6.07, 6.45) is 58.1. The Balaban J connectivity index is 5.24. The summed E-state index contributed by atoms with van der Waals surface area (Å²) in [7, 11) is -9.91. The monoisotopic (exact) mass is 1420 g/mol. The average Bonchev–Trinajstić information content (AvgIpc) is 1.01. The Morgan fingerprint density at radius 2 is 0.474 bits per heavy atom. The number of rotatable bonds is 77. The summed E-state index contributed by atoms with van der Waals surface area (Å²) in [5.41, 5.74) is 0. The molecule has 97 heavy (non-hydrogen) atoms. The number of unbranched alkanes of at least 4 members (excludes halogenated alkanes) is 47. The summed E-state index contributed by atoms with van der Waals surface area (Å²) >= 11 is 0. The van der Waals surface area contributed by atoms with Crippen molar-refractivity contribution >= 4 is 39.5 Å². The molecule has 0 amide bonds. The third-order valence-corrected chi connectivity index (χ3v) is 20.1. The number of hydrogen-bond acceptors (Lipinski definition) is 15. The van der Waals surface area contributed by atoms with Crippen LogP contribution >= 0.6 is 15.6 Å². The topological polar surface area (TPSA) is 237 Å². The van der Waals surface area contributed by atoms with Crippen LogP contribution < -0.4 is 0 Å². The lowest BCUT2D eigenvalue weighted by Crippen LogP contribution is -2.30. The van der Waals surface area contributed by atoms with Crippen LogP contribution in [0.4, 0.5) is 0 Å². The van der Waals surface area contributed by atoms with Gasteiger partial charge in [0.25, 0.3) is 0 Å². The second kappa shape index (κ2) is 69.8. The van der Waals surface area contributed by atoms with E-state index < -0.39 is 97.5 Å². The molecule has 0 saturated heterocycles. The van der Waals surface area contributed by atoms with Gasteiger partial charge in [-0.1, -0.05) is 356 Å². The number of aliphatic hydroxyl groups is 1. The zero-order chi connectivity index (χ0) is 71.4. The molecule has 17 nitrogen and oxygen atoms in total. The van der Waals surface area contributed by atoms with E-state index in [0.29, 0.717) is 25.7 Å². The second-order valence-electron chi connectivity index (χ2n) is 29.1. The van der Waals surface area contributed by atoms with Gasteiger partial charge in [0, 0.05) is 25.7 Å². The van der Waals surface area contributed by atoms with E-state index in [9.17, 15) is 43.2 Å². The van der Waals surface area contributed by atoms with Crippen molar-refractivity contribution in [3.63, 3.8) is 0 Å². The van der Waals surface area contributed by atoms with Gasteiger partial charge in [0.15, 0.2) is 12.2 Å². The standard InChI is InChI=1S/C78H152O17P2/c1-7-9-11-13-15-17-19-24-31-38-44-50-56-62-77(82)94-73(66-88-75(80)60-54-48-42-36-28-18-16-14-12-10-8-2)68-92-96(84,85)90-64-72(79)65-91-97(86,87)93-69-74(67-89-76(81)61-55-49-43-37-33-27-30-35-41-47-53-59-71(5)6)95-78(83)63-57-51-45-39-32-26-23-21-20-22-25-29-34-40-46-52-58-70(3)4/h70-74,79H,7-69H2,1-6H3,(H,84,85)(H,86,87)/t72-,73+,74+/m0/s1. The first-order chi connectivity index (χ1) is 46.9. The molecule has 0 fully saturated rings. The van der Waals surface area contributed by atoms with E-state index in [0.717, 1.165) is 102 Å². The Labute approximate surface area is 594 Å². The van der Waals surface area contributed by atoms with E-state index in [1.54, 1.807) is 0 Å². The van der Waals surface area contributed by atoms with Crippen LogP contribution in [0, 0.1) is 11.8 Å². The van der Waals surface area contributed by atoms with Crippen LogP contribution in [0.15, 0.2) is 0 Å². The van der Waals surface area contributed by atoms with Crippen molar-refractivity contribution in [2.75, 3.05) is 39.6 Å². The Bertz CT molecular complexity index is 1870. The predicted molar refractivity (Wildman–Crippen MR) is 395 cm³/mol. The molecule has 0 aliphatic carbocycles. The molecule has 0 bridgehead atoms. The number of phosphoric ester groups is 2. The van der Waals surface area contributed by atoms with E-state index in [4.69, 9.17) is 37.0 Å². The SMILES string of the molecule is CCCCCCCCCCCCCCCC(=O)O[C@H](COC(=O)CCCCCCCCCCCCC)COP(=O)(O)OC[C@H](O)COP(=O)(O)OC[C@@H](COC(=O)CCCCCCCCCCCCCC(C)C)OC(=O)CCCCCCCCCCCCCCCCCCC(C)C. The maximum absolute atomic E-state index is 13.1. The molecule has 0 aliphatic rings. The number of carbonyl (C=O) groups excluding carboxylic acids is 4. The number of hydrogen-bond donors (Lipinski definition) is 3.